The SMILES string of the molecule is CC(Cn1cncn1)c1cc(=O)n2[nH]c(-c3cccnc3)cc2n1. The fourth-order valence-corrected chi connectivity index (χ4v) is 2.63. The molecule has 4 rings (SSSR count). The number of aromatic nitrogens is 7. The summed E-state index contributed by atoms with van der Waals surface area (Å²) in [6.45, 7) is 2.62. The summed E-state index contributed by atoms with van der Waals surface area (Å²) in [6.07, 6.45) is 6.59. The minimum Gasteiger partial charge on any atom is -0.289 e. The van der Waals surface area contributed by atoms with Crippen LogP contribution in [0, 0.1) is 0 Å². The Labute approximate surface area is 136 Å². The summed E-state index contributed by atoms with van der Waals surface area (Å²) in [6, 6.07) is 7.18. The molecule has 4 aromatic rings. The molecule has 0 bridgehead atoms. The Balaban J connectivity index is 1.73. The topological polar surface area (TPSA) is 93.8 Å². The van der Waals surface area contributed by atoms with Crippen molar-refractivity contribution >= 4 is 5.65 Å². The molecule has 0 saturated carbocycles. The maximum absolute atomic E-state index is 12.4. The van der Waals surface area contributed by atoms with Crippen molar-refractivity contribution < 1.29 is 0 Å². The van der Waals surface area contributed by atoms with Crippen molar-refractivity contribution in [3.63, 3.8) is 0 Å². The maximum atomic E-state index is 12.4. The monoisotopic (exact) mass is 321 g/mol. The predicted molar refractivity (Wildman–Crippen MR) is 87.5 cm³/mol. The lowest BCUT2D eigenvalue weighted by Crippen LogP contribution is -2.18. The molecule has 0 amide bonds. The zero-order valence-corrected chi connectivity index (χ0v) is 13.0. The van der Waals surface area contributed by atoms with E-state index in [2.05, 4.69) is 25.1 Å². The third-order valence-corrected chi connectivity index (χ3v) is 3.88. The first kappa shape index (κ1) is 14.3. The van der Waals surface area contributed by atoms with Gasteiger partial charge in [-0.3, -0.25) is 19.6 Å². The van der Waals surface area contributed by atoms with E-state index in [0.29, 0.717) is 12.2 Å². The molecule has 8 heteroatoms. The van der Waals surface area contributed by atoms with E-state index in [-0.39, 0.29) is 11.5 Å². The molecule has 1 atom stereocenters. The van der Waals surface area contributed by atoms with Crippen molar-refractivity contribution in [2.45, 2.75) is 19.4 Å². The van der Waals surface area contributed by atoms with Gasteiger partial charge in [-0.15, -0.1) is 0 Å². The van der Waals surface area contributed by atoms with Crippen molar-refractivity contribution in [2.24, 2.45) is 0 Å². The second kappa shape index (κ2) is 5.73. The largest absolute Gasteiger partial charge is 0.289 e. The average Bonchev–Trinajstić information content (AvgIpc) is 3.25. The maximum Gasteiger partial charge on any atom is 0.272 e. The van der Waals surface area contributed by atoms with E-state index in [1.165, 1.54) is 10.8 Å². The van der Waals surface area contributed by atoms with Crippen LogP contribution in [0.4, 0.5) is 0 Å². The second-order valence-corrected chi connectivity index (χ2v) is 5.64. The number of aromatic amines is 1. The van der Waals surface area contributed by atoms with E-state index in [1.807, 2.05) is 25.1 Å². The Morgan fingerprint density at radius 3 is 2.96 bits per heavy atom. The Morgan fingerprint density at radius 2 is 2.21 bits per heavy atom. The lowest BCUT2D eigenvalue weighted by molar-refractivity contribution is 0.532. The van der Waals surface area contributed by atoms with Gasteiger partial charge >= 0.3 is 0 Å². The van der Waals surface area contributed by atoms with E-state index in [0.717, 1.165) is 17.0 Å². The van der Waals surface area contributed by atoms with Gasteiger partial charge in [0.15, 0.2) is 5.65 Å². The molecule has 0 aliphatic carbocycles. The molecule has 0 fully saturated rings. The zero-order chi connectivity index (χ0) is 16.5. The Hall–Kier alpha value is -3.29. The van der Waals surface area contributed by atoms with Gasteiger partial charge < -0.3 is 0 Å². The normalized spacial score (nSPS) is 12.5. The Kier molecular flexibility index (Phi) is 3.42. The first-order valence-electron chi connectivity index (χ1n) is 7.56. The van der Waals surface area contributed by atoms with Gasteiger partial charge in [0, 0.05) is 36.0 Å². The van der Waals surface area contributed by atoms with Crippen LogP contribution in [0.3, 0.4) is 0 Å². The molecule has 0 radical (unpaired) electrons. The fraction of sp³-hybridized carbons (Fsp3) is 0.188. The summed E-state index contributed by atoms with van der Waals surface area (Å²) in [5, 5.41) is 7.16. The van der Waals surface area contributed by atoms with Crippen molar-refractivity contribution in [3.8, 4) is 11.3 Å². The van der Waals surface area contributed by atoms with E-state index >= 15 is 0 Å². The molecule has 24 heavy (non-hydrogen) atoms. The van der Waals surface area contributed by atoms with Crippen molar-refractivity contribution in [2.75, 3.05) is 0 Å². The summed E-state index contributed by atoms with van der Waals surface area (Å²) >= 11 is 0. The Morgan fingerprint density at radius 1 is 1.29 bits per heavy atom. The highest BCUT2D eigenvalue weighted by atomic mass is 16.1. The summed E-state index contributed by atoms with van der Waals surface area (Å²) in [5.74, 6) is 0.0427. The zero-order valence-electron chi connectivity index (χ0n) is 13.0. The first-order chi connectivity index (χ1) is 11.7. The molecule has 0 spiro atoms. The third-order valence-electron chi connectivity index (χ3n) is 3.88. The molecular formula is C16H15N7O. The molecule has 8 nitrogen and oxygen atoms in total. The van der Waals surface area contributed by atoms with Crippen LogP contribution in [-0.2, 0) is 6.54 Å². The molecule has 1 N–H and O–H groups in total. The fourth-order valence-electron chi connectivity index (χ4n) is 2.63. The van der Waals surface area contributed by atoms with Gasteiger partial charge in [-0.25, -0.2) is 14.5 Å². The van der Waals surface area contributed by atoms with E-state index in [9.17, 15) is 4.79 Å². The summed E-state index contributed by atoms with van der Waals surface area (Å²) in [4.78, 5) is 25.0. The molecule has 0 aliphatic rings. The van der Waals surface area contributed by atoms with Gasteiger partial charge in [-0.05, 0) is 12.1 Å². The van der Waals surface area contributed by atoms with Crippen LogP contribution >= 0.6 is 0 Å². The van der Waals surface area contributed by atoms with Crippen molar-refractivity contribution in [1.82, 2.24) is 34.3 Å². The van der Waals surface area contributed by atoms with Crippen LogP contribution in [0.2, 0.25) is 0 Å². The summed E-state index contributed by atoms with van der Waals surface area (Å²) in [7, 11) is 0. The van der Waals surface area contributed by atoms with E-state index in [1.54, 1.807) is 29.5 Å². The van der Waals surface area contributed by atoms with E-state index < -0.39 is 0 Å². The van der Waals surface area contributed by atoms with Crippen LogP contribution in [0.25, 0.3) is 16.9 Å². The second-order valence-electron chi connectivity index (χ2n) is 5.64. The van der Waals surface area contributed by atoms with Gasteiger partial charge in [0.25, 0.3) is 5.56 Å². The van der Waals surface area contributed by atoms with Crippen LogP contribution in [0.15, 0.2) is 54.1 Å². The number of rotatable bonds is 4. The lowest BCUT2D eigenvalue weighted by atomic mass is 10.1. The average molecular weight is 321 g/mol. The van der Waals surface area contributed by atoms with E-state index in [4.69, 9.17) is 0 Å². The minimum atomic E-state index is -0.143. The highest BCUT2D eigenvalue weighted by Gasteiger charge is 2.13. The quantitative estimate of drug-likeness (QED) is 0.614. The molecule has 0 aromatic carbocycles. The van der Waals surface area contributed by atoms with Gasteiger partial charge in [0.05, 0.1) is 17.9 Å². The number of hydrogen-bond donors (Lipinski definition) is 1. The number of hydrogen-bond acceptors (Lipinski definition) is 5. The molecular weight excluding hydrogens is 306 g/mol. The summed E-state index contributed by atoms with van der Waals surface area (Å²) in [5.41, 5.74) is 2.87. The highest BCUT2D eigenvalue weighted by Crippen LogP contribution is 2.19. The van der Waals surface area contributed by atoms with Crippen molar-refractivity contribution in [1.29, 1.82) is 0 Å². The van der Waals surface area contributed by atoms with Gasteiger partial charge in [-0.2, -0.15) is 5.10 Å². The molecule has 4 heterocycles. The van der Waals surface area contributed by atoms with Crippen LogP contribution in [0.1, 0.15) is 18.5 Å². The summed E-state index contributed by atoms with van der Waals surface area (Å²) < 4.78 is 3.17. The van der Waals surface area contributed by atoms with Crippen LogP contribution in [-0.4, -0.2) is 34.3 Å². The predicted octanol–water partition coefficient (Wildman–Crippen LogP) is 1.48. The van der Waals surface area contributed by atoms with Gasteiger partial charge in [0.1, 0.15) is 12.7 Å². The molecule has 120 valence electrons. The third kappa shape index (κ3) is 2.58. The number of H-pyrrole nitrogens is 1. The van der Waals surface area contributed by atoms with Crippen LogP contribution in [0.5, 0.6) is 0 Å². The number of fused-ring (bicyclic) bond motifs is 1. The molecule has 0 aliphatic heterocycles. The molecule has 1 unspecified atom stereocenters. The van der Waals surface area contributed by atoms with Crippen LogP contribution < -0.4 is 5.56 Å². The smallest absolute Gasteiger partial charge is 0.272 e. The standard InChI is InChI=1S/C16H15N7O/c1-11(8-22-10-18-9-19-22)13-6-16(24)23-15(20-13)5-14(21-23)12-3-2-4-17-7-12/h2-7,9-11,21H,8H2,1H3. The Bertz CT molecular complexity index is 1020. The minimum absolute atomic E-state index is 0.0427. The number of nitrogens with one attached hydrogen (secondary N) is 1. The van der Waals surface area contributed by atoms with Gasteiger partial charge in [-0.1, -0.05) is 6.92 Å². The lowest BCUT2D eigenvalue weighted by Gasteiger charge is -2.10. The number of nitrogens with zero attached hydrogens (tertiary/aromatic N) is 6. The number of pyridine rings is 1. The van der Waals surface area contributed by atoms with Gasteiger partial charge in [0.2, 0.25) is 0 Å². The first-order valence-corrected chi connectivity index (χ1v) is 7.56. The molecule has 0 saturated heterocycles. The highest BCUT2D eigenvalue weighted by molar-refractivity contribution is 5.63. The molecule has 4 aromatic heterocycles. The van der Waals surface area contributed by atoms with Crippen molar-refractivity contribution in [3.05, 3.63) is 65.4 Å².